The van der Waals surface area contributed by atoms with Gasteiger partial charge in [0, 0.05) is 37.6 Å². The molecule has 0 bridgehead atoms. The summed E-state index contributed by atoms with van der Waals surface area (Å²) in [5, 5.41) is 4.11. The molecule has 1 saturated heterocycles. The molecule has 0 amide bonds. The van der Waals surface area contributed by atoms with E-state index in [4.69, 9.17) is 17.0 Å². The van der Waals surface area contributed by atoms with Gasteiger partial charge in [-0.2, -0.15) is 0 Å². The van der Waals surface area contributed by atoms with E-state index in [1.807, 2.05) is 18.2 Å². The van der Waals surface area contributed by atoms with Crippen LogP contribution in [0.2, 0.25) is 0 Å². The third-order valence-electron chi connectivity index (χ3n) is 4.92. The average molecular weight is 372 g/mol. The van der Waals surface area contributed by atoms with Gasteiger partial charge in [-0.1, -0.05) is 6.07 Å². The Kier molecular flexibility index (Phi) is 5.56. The van der Waals surface area contributed by atoms with Gasteiger partial charge in [0.2, 0.25) is 0 Å². The Morgan fingerprint density at radius 2 is 2.15 bits per heavy atom. The van der Waals surface area contributed by atoms with Crippen LogP contribution in [0.3, 0.4) is 0 Å². The highest BCUT2D eigenvalue weighted by atomic mass is 32.1. The summed E-state index contributed by atoms with van der Waals surface area (Å²) in [4.78, 5) is 18.1. The number of pyridine rings is 1. The van der Waals surface area contributed by atoms with Crippen LogP contribution < -0.4 is 5.32 Å². The number of rotatable bonds is 6. The van der Waals surface area contributed by atoms with E-state index in [0.717, 1.165) is 5.69 Å². The van der Waals surface area contributed by atoms with Crippen LogP contribution in [0, 0.1) is 6.92 Å². The number of carbonyl (C=O) groups excluding carboxylic acids is 1. The molecule has 1 aliphatic heterocycles. The first-order valence-electron chi connectivity index (χ1n) is 8.70. The Bertz CT molecular complexity index is 790. The van der Waals surface area contributed by atoms with Crippen molar-refractivity contribution >= 4 is 23.3 Å². The lowest BCUT2D eigenvalue weighted by Crippen LogP contribution is -2.31. The van der Waals surface area contributed by atoms with E-state index < -0.39 is 0 Å². The van der Waals surface area contributed by atoms with Crippen molar-refractivity contribution in [3.8, 4) is 0 Å². The third-order valence-corrected chi connectivity index (χ3v) is 5.27. The van der Waals surface area contributed by atoms with E-state index >= 15 is 0 Å². The van der Waals surface area contributed by atoms with Gasteiger partial charge in [0.1, 0.15) is 0 Å². The van der Waals surface area contributed by atoms with Crippen molar-refractivity contribution < 1.29 is 9.53 Å². The standard InChI is InChI=1S/C19H24N4O2S/c1-13-9-10-15(22(13)2)18-17(14-7-4-5-11-20-14)21-19(26)23(18)12-6-8-16(24)25-3/h4-5,7,9-11,17-18H,6,8,12H2,1-3H3,(H,21,26)/t17-,18+/m1/s1. The van der Waals surface area contributed by atoms with Gasteiger partial charge in [-0.25, -0.2) is 0 Å². The summed E-state index contributed by atoms with van der Waals surface area (Å²) < 4.78 is 6.93. The van der Waals surface area contributed by atoms with Gasteiger partial charge in [-0.15, -0.1) is 0 Å². The summed E-state index contributed by atoms with van der Waals surface area (Å²) in [5.74, 6) is -0.199. The van der Waals surface area contributed by atoms with Crippen LogP contribution in [0.25, 0.3) is 0 Å². The molecule has 0 radical (unpaired) electrons. The van der Waals surface area contributed by atoms with Crippen LogP contribution >= 0.6 is 12.2 Å². The molecule has 1 fully saturated rings. The van der Waals surface area contributed by atoms with Crippen LogP contribution in [0.4, 0.5) is 0 Å². The minimum absolute atomic E-state index is 0.0220. The number of aryl methyl sites for hydroxylation is 1. The van der Waals surface area contributed by atoms with Crippen molar-refractivity contribution in [2.75, 3.05) is 13.7 Å². The van der Waals surface area contributed by atoms with Crippen molar-refractivity contribution in [2.24, 2.45) is 7.05 Å². The van der Waals surface area contributed by atoms with Gasteiger partial charge in [0.15, 0.2) is 5.11 Å². The molecule has 2 aromatic heterocycles. The molecule has 1 N–H and O–H groups in total. The normalized spacial score (nSPS) is 19.5. The Hall–Kier alpha value is -2.41. The number of nitrogens with zero attached hydrogens (tertiary/aromatic N) is 3. The molecule has 0 spiro atoms. The van der Waals surface area contributed by atoms with Crippen LogP contribution in [0.15, 0.2) is 36.5 Å². The molecule has 1 aliphatic rings. The van der Waals surface area contributed by atoms with Gasteiger partial charge in [0.25, 0.3) is 0 Å². The monoisotopic (exact) mass is 372 g/mol. The third kappa shape index (κ3) is 3.58. The highest BCUT2D eigenvalue weighted by molar-refractivity contribution is 7.80. The number of methoxy groups -OCH3 is 1. The van der Waals surface area contributed by atoms with Crippen molar-refractivity contribution in [3.63, 3.8) is 0 Å². The SMILES string of the molecule is COC(=O)CCCN1C(=S)N[C@H](c2ccccn2)[C@@H]1c1ccc(C)n1C. The second-order valence-electron chi connectivity index (χ2n) is 6.46. The van der Waals surface area contributed by atoms with E-state index in [1.165, 1.54) is 18.5 Å². The van der Waals surface area contributed by atoms with Crippen molar-refractivity contribution in [1.29, 1.82) is 0 Å². The van der Waals surface area contributed by atoms with E-state index in [1.54, 1.807) is 6.20 Å². The number of esters is 1. The quantitative estimate of drug-likeness (QED) is 0.621. The van der Waals surface area contributed by atoms with Crippen LogP contribution in [-0.4, -0.2) is 39.2 Å². The summed E-state index contributed by atoms with van der Waals surface area (Å²) in [7, 11) is 3.48. The van der Waals surface area contributed by atoms with E-state index in [0.29, 0.717) is 24.5 Å². The van der Waals surface area contributed by atoms with E-state index in [9.17, 15) is 4.79 Å². The topological polar surface area (TPSA) is 59.4 Å². The Morgan fingerprint density at radius 3 is 2.77 bits per heavy atom. The molecule has 138 valence electrons. The first-order valence-corrected chi connectivity index (χ1v) is 9.11. The fourth-order valence-electron chi connectivity index (χ4n) is 3.39. The van der Waals surface area contributed by atoms with Gasteiger partial charge in [0.05, 0.1) is 24.9 Å². The van der Waals surface area contributed by atoms with Gasteiger partial charge in [-0.05, 0) is 49.8 Å². The maximum Gasteiger partial charge on any atom is 0.305 e. The molecule has 6 nitrogen and oxygen atoms in total. The summed E-state index contributed by atoms with van der Waals surface area (Å²) in [6.07, 6.45) is 2.86. The molecule has 0 unspecified atom stereocenters. The van der Waals surface area contributed by atoms with Crippen molar-refractivity contribution in [3.05, 3.63) is 53.6 Å². The molecule has 2 aromatic rings. The number of hydrogen-bond donors (Lipinski definition) is 1. The van der Waals surface area contributed by atoms with Gasteiger partial charge in [-0.3, -0.25) is 9.78 Å². The molecule has 3 rings (SSSR count). The zero-order valence-corrected chi connectivity index (χ0v) is 16.1. The molecule has 0 aromatic carbocycles. The van der Waals surface area contributed by atoms with Crippen LogP contribution in [0.1, 0.15) is 42.0 Å². The number of ether oxygens (including phenoxy) is 1. The summed E-state index contributed by atoms with van der Waals surface area (Å²) in [6.45, 7) is 2.76. The van der Waals surface area contributed by atoms with Gasteiger partial charge < -0.3 is 19.5 Å². The second-order valence-corrected chi connectivity index (χ2v) is 6.84. The highest BCUT2D eigenvalue weighted by Gasteiger charge is 2.40. The first-order chi connectivity index (χ1) is 12.5. The predicted octanol–water partition coefficient (Wildman–Crippen LogP) is 2.65. The summed E-state index contributed by atoms with van der Waals surface area (Å²) in [6, 6.07) is 10.1. The fraction of sp³-hybridized carbons (Fsp3) is 0.421. The number of thiocarbonyl (C=S) groups is 1. The lowest BCUT2D eigenvalue weighted by molar-refractivity contribution is -0.140. The van der Waals surface area contributed by atoms with Crippen molar-refractivity contribution in [1.82, 2.24) is 19.8 Å². The number of hydrogen-bond acceptors (Lipinski definition) is 4. The fourth-order valence-corrected chi connectivity index (χ4v) is 3.73. The minimum atomic E-state index is -0.199. The average Bonchev–Trinajstić information content (AvgIpc) is 3.15. The molecule has 2 atom stereocenters. The van der Waals surface area contributed by atoms with Crippen LogP contribution in [0.5, 0.6) is 0 Å². The summed E-state index contributed by atoms with van der Waals surface area (Å²) >= 11 is 5.61. The first kappa shape index (κ1) is 18.4. The molecular formula is C19H24N4O2S. The smallest absolute Gasteiger partial charge is 0.305 e. The highest BCUT2D eigenvalue weighted by Crippen LogP contribution is 2.39. The maximum atomic E-state index is 11.5. The minimum Gasteiger partial charge on any atom is -0.469 e. The molecular weight excluding hydrogens is 348 g/mol. The number of aromatic nitrogens is 2. The number of carbonyl (C=O) groups is 1. The zero-order valence-electron chi connectivity index (χ0n) is 15.3. The predicted molar refractivity (Wildman–Crippen MR) is 104 cm³/mol. The molecule has 7 heteroatoms. The summed E-state index contributed by atoms with van der Waals surface area (Å²) in [5.41, 5.74) is 3.31. The Morgan fingerprint density at radius 1 is 1.35 bits per heavy atom. The molecule has 0 aliphatic carbocycles. The number of nitrogens with one attached hydrogen (secondary N) is 1. The largest absolute Gasteiger partial charge is 0.469 e. The lowest BCUT2D eigenvalue weighted by atomic mass is 10.0. The molecule has 0 saturated carbocycles. The Labute approximate surface area is 159 Å². The molecule has 3 heterocycles. The van der Waals surface area contributed by atoms with Crippen molar-refractivity contribution in [2.45, 2.75) is 31.8 Å². The molecule has 26 heavy (non-hydrogen) atoms. The van der Waals surface area contributed by atoms with Gasteiger partial charge >= 0.3 is 5.97 Å². The Balaban J connectivity index is 1.90. The maximum absolute atomic E-state index is 11.5. The second kappa shape index (κ2) is 7.86. The van der Waals surface area contributed by atoms with E-state index in [2.05, 4.69) is 45.9 Å². The zero-order chi connectivity index (χ0) is 18.7. The van der Waals surface area contributed by atoms with Crippen LogP contribution in [-0.2, 0) is 16.6 Å². The lowest BCUT2D eigenvalue weighted by Gasteiger charge is -2.28. The van der Waals surface area contributed by atoms with E-state index in [-0.39, 0.29) is 18.1 Å².